The highest BCUT2D eigenvalue weighted by Gasteiger charge is 2.36. The molecule has 3 rings (SSSR count). The fourth-order valence-electron chi connectivity index (χ4n) is 2.23. The van der Waals surface area contributed by atoms with Crippen molar-refractivity contribution in [2.45, 2.75) is 0 Å². The van der Waals surface area contributed by atoms with Crippen molar-refractivity contribution in [3.8, 4) is 6.07 Å². The van der Waals surface area contributed by atoms with Gasteiger partial charge in [-0.2, -0.15) is 5.26 Å². The van der Waals surface area contributed by atoms with Crippen LogP contribution in [0.2, 0.25) is 0 Å². The molecule has 5 heteroatoms. The summed E-state index contributed by atoms with van der Waals surface area (Å²) in [5.41, 5.74) is 1.42. The molecule has 0 fully saturated rings. The van der Waals surface area contributed by atoms with E-state index in [4.69, 9.17) is 5.26 Å². The number of carbonyl (C=O) groups is 1. The Morgan fingerprint density at radius 3 is 3.06 bits per heavy atom. The van der Waals surface area contributed by atoms with Gasteiger partial charge in [-0.15, -0.1) is 0 Å². The van der Waals surface area contributed by atoms with E-state index in [1.165, 1.54) is 0 Å². The summed E-state index contributed by atoms with van der Waals surface area (Å²) in [5.74, 6) is 0.585. The fraction of sp³-hybridized carbons (Fsp3) is 0.250. The zero-order chi connectivity index (χ0) is 11.8. The van der Waals surface area contributed by atoms with E-state index in [0.717, 1.165) is 5.69 Å². The summed E-state index contributed by atoms with van der Waals surface area (Å²) in [7, 11) is 0. The van der Waals surface area contributed by atoms with Crippen LogP contribution in [0.5, 0.6) is 0 Å². The third-order valence-electron chi connectivity index (χ3n) is 2.96. The molecule has 0 aromatic heterocycles. The van der Waals surface area contributed by atoms with Crippen LogP contribution in [0, 0.1) is 11.3 Å². The summed E-state index contributed by atoms with van der Waals surface area (Å²) in [5, 5.41) is 8.88. The lowest BCUT2D eigenvalue weighted by Crippen LogP contribution is -2.50. The van der Waals surface area contributed by atoms with Crippen LogP contribution >= 0.6 is 0 Å². The van der Waals surface area contributed by atoms with E-state index in [1.54, 1.807) is 15.9 Å². The summed E-state index contributed by atoms with van der Waals surface area (Å²) in [6, 6.07) is 9.45. The smallest absolute Gasteiger partial charge is 0.262 e. The molecular formula is C12H10N4O. The van der Waals surface area contributed by atoms with Crippen molar-refractivity contribution >= 4 is 17.6 Å². The largest absolute Gasteiger partial charge is 0.298 e. The zero-order valence-corrected chi connectivity index (χ0v) is 9.13. The Morgan fingerprint density at radius 2 is 2.24 bits per heavy atom. The molecule has 1 aromatic carbocycles. The normalized spacial score (nSPS) is 17.4. The second-order valence-electron chi connectivity index (χ2n) is 3.90. The van der Waals surface area contributed by atoms with Crippen LogP contribution in [-0.2, 0) is 0 Å². The molecule has 0 N–H and O–H groups in total. The maximum absolute atomic E-state index is 12.2. The highest BCUT2D eigenvalue weighted by molar-refractivity contribution is 6.19. The number of hydrogen-bond donors (Lipinski definition) is 0. The van der Waals surface area contributed by atoms with Crippen LogP contribution in [0.3, 0.4) is 0 Å². The van der Waals surface area contributed by atoms with Crippen molar-refractivity contribution < 1.29 is 4.79 Å². The molecule has 0 bridgehead atoms. The predicted molar refractivity (Wildman–Crippen MR) is 62.7 cm³/mol. The first-order valence-corrected chi connectivity index (χ1v) is 5.43. The van der Waals surface area contributed by atoms with Crippen molar-refractivity contribution in [1.82, 2.24) is 4.90 Å². The number of carbonyl (C=O) groups excluding carboxylic acids is 1. The molecule has 0 unspecified atom stereocenters. The van der Waals surface area contributed by atoms with Gasteiger partial charge in [-0.05, 0) is 12.1 Å². The minimum Gasteiger partial charge on any atom is -0.298 e. The van der Waals surface area contributed by atoms with Gasteiger partial charge in [0, 0.05) is 6.54 Å². The highest BCUT2D eigenvalue weighted by Crippen LogP contribution is 2.29. The molecule has 0 spiro atoms. The maximum Gasteiger partial charge on any atom is 0.262 e. The summed E-state index contributed by atoms with van der Waals surface area (Å²) >= 11 is 0. The fourth-order valence-corrected chi connectivity index (χ4v) is 2.23. The quantitative estimate of drug-likeness (QED) is 0.667. The van der Waals surface area contributed by atoms with Crippen LogP contribution in [0.4, 0.5) is 5.69 Å². The molecule has 0 saturated heterocycles. The van der Waals surface area contributed by atoms with Gasteiger partial charge in [0.15, 0.2) is 0 Å². The van der Waals surface area contributed by atoms with E-state index < -0.39 is 0 Å². The number of para-hydroxylation sites is 1. The average molecular weight is 226 g/mol. The van der Waals surface area contributed by atoms with Gasteiger partial charge < -0.3 is 0 Å². The van der Waals surface area contributed by atoms with Gasteiger partial charge in [-0.3, -0.25) is 19.6 Å². The summed E-state index contributed by atoms with van der Waals surface area (Å²) in [6.07, 6.45) is 0. The maximum atomic E-state index is 12.2. The Balaban J connectivity index is 2.17. The standard InChI is InChI=1S/C12H10N4O/c13-5-7-15-10-4-2-1-3-9(10)11(17)16-8-6-14-12(15)16/h1-4H,6-8H2. The van der Waals surface area contributed by atoms with Crippen LogP contribution in [0.1, 0.15) is 10.4 Å². The Labute approximate surface area is 98.6 Å². The van der Waals surface area contributed by atoms with Crippen molar-refractivity contribution in [2.24, 2.45) is 4.99 Å². The molecule has 0 saturated carbocycles. The van der Waals surface area contributed by atoms with Gasteiger partial charge in [0.05, 0.1) is 23.9 Å². The monoisotopic (exact) mass is 226 g/mol. The van der Waals surface area contributed by atoms with Crippen molar-refractivity contribution in [3.63, 3.8) is 0 Å². The molecule has 5 nitrogen and oxygen atoms in total. The molecule has 0 radical (unpaired) electrons. The summed E-state index contributed by atoms with van der Waals surface area (Å²) in [4.78, 5) is 19.9. The van der Waals surface area contributed by atoms with Crippen LogP contribution < -0.4 is 4.90 Å². The summed E-state index contributed by atoms with van der Waals surface area (Å²) < 4.78 is 0. The summed E-state index contributed by atoms with van der Waals surface area (Å²) in [6.45, 7) is 1.42. The molecule has 2 aliphatic heterocycles. The van der Waals surface area contributed by atoms with Gasteiger partial charge in [-0.1, -0.05) is 12.1 Å². The third kappa shape index (κ3) is 1.31. The molecule has 1 aromatic rings. The molecule has 2 heterocycles. The first-order valence-electron chi connectivity index (χ1n) is 5.43. The van der Waals surface area contributed by atoms with Crippen molar-refractivity contribution in [3.05, 3.63) is 29.8 Å². The second kappa shape index (κ2) is 3.59. The molecule has 2 aliphatic rings. The Kier molecular flexibility index (Phi) is 2.08. The number of benzene rings is 1. The van der Waals surface area contributed by atoms with Gasteiger partial charge in [0.25, 0.3) is 5.91 Å². The van der Waals surface area contributed by atoms with Gasteiger partial charge in [0.1, 0.15) is 6.54 Å². The number of aliphatic imine (C=N–C) groups is 1. The van der Waals surface area contributed by atoms with Gasteiger partial charge >= 0.3 is 0 Å². The number of amides is 1. The lowest BCUT2D eigenvalue weighted by Gasteiger charge is -2.34. The number of rotatable bonds is 1. The topological polar surface area (TPSA) is 59.7 Å². The van der Waals surface area contributed by atoms with Crippen molar-refractivity contribution in [1.29, 1.82) is 5.26 Å². The number of nitriles is 1. The lowest BCUT2D eigenvalue weighted by atomic mass is 10.1. The number of anilines is 1. The SMILES string of the molecule is N#CCN1C2=NCCN2C(=O)c2ccccc21. The molecule has 17 heavy (non-hydrogen) atoms. The average Bonchev–Trinajstić information content (AvgIpc) is 2.84. The second-order valence-corrected chi connectivity index (χ2v) is 3.90. The van der Waals surface area contributed by atoms with Crippen LogP contribution in [-0.4, -0.2) is 36.4 Å². The first kappa shape index (κ1) is 9.85. The minimum atomic E-state index is -0.0222. The lowest BCUT2D eigenvalue weighted by molar-refractivity contribution is 0.0852. The van der Waals surface area contributed by atoms with E-state index >= 15 is 0 Å². The van der Waals surface area contributed by atoms with Crippen LogP contribution in [0.25, 0.3) is 0 Å². The Morgan fingerprint density at radius 1 is 1.41 bits per heavy atom. The van der Waals surface area contributed by atoms with E-state index in [1.807, 2.05) is 18.2 Å². The van der Waals surface area contributed by atoms with E-state index in [9.17, 15) is 4.79 Å². The molecule has 0 aliphatic carbocycles. The van der Waals surface area contributed by atoms with Crippen LogP contribution in [0.15, 0.2) is 29.3 Å². The third-order valence-corrected chi connectivity index (χ3v) is 2.96. The van der Waals surface area contributed by atoms with E-state index in [0.29, 0.717) is 24.6 Å². The minimum absolute atomic E-state index is 0.0222. The molecule has 1 amide bonds. The Hall–Kier alpha value is -2.35. The number of hydrogen-bond acceptors (Lipinski definition) is 4. The highest BCUT2D eigenvalue weighted by atomic mass is 16.2. The van der Waals surface area contributed by atoms with E-state index in [2.05, 4.69) is 11.1 Å². The number of fused-ring (bicyclic) bond motifs is 2. The Bertz CT molecular complexity index is 558. The van der Waals surface area contributed by atoms with E-state index in [-0.39, 0.29) is 12.5 Å². The predicted octanol–water partition coefficient (Wildman–Crippen LogP) is 0.842. The first-order chi connectivity index (χ1) is 8.33. The van der Waals surface area contributed by atoms with Gasteiger partial charge in [-0.25, -0.2) is 0 Å². The molecule has 0 atom stereocenters. The molecule has 84 valence electrons. The number of nitrogens with zero attached hydrogens (tertiary/aromatic N) is 4. The zero-order valence-electron chi connectivity index (χ0n) is 9.13. The molecular weight excluding hydrogens is 216 g/mol. The number of guanidine groups is 1. The van der Waals surface area contributed by atoms with Gasteiger partial charge in [0.2, 0.25) is 5.96 Å². The van der Waals surface area contributed by atoms with Crippen molar-refractivity contribution in [2.75, 3.05) is 24.5 Å².